The summed E-state index contributed by atoms with van der Waals surface area (Å²) in [5, 5.41) is 0. The molecule has 0 saturated heterocycles. The van der Waals surface area contributed by atoms with Crippen LogP contribution in [0.5, 0.6) is 5.75 Å². The van der Waals surface area contributed by atoms with Crippen molar-refractivity contribution in [2.24, 2.45) is 0 Å². The van der Waals surface area contributed by atoms with E-state index in [1.54, 1.807) is 0 Å². The molecule has 0 saturated carbocycles. The summed E-state index contributed by atoms with van der Waals surface area (Å²) in [6, 6.07) is 10.4. The molecule has 148 valence electrons. The van der Waals surface area contributed by atoms with Gasteiger partial charge >= 0.3 is 17.9 Å². The summed E-state index contributed by atoms with van der Waals surface area (Å²) in [6.07, 6.45) is 4.11. The highest BCUT2D eigenvalue weighted by atomic mass is 16.5. The van der Waals surface area contributed by atoms with Gasteiger partial charge in [0.2, 0.25) is 0 Å². The number of methoxy groups -OCH3 is 1. The molecule has 0 aliphatic carbocycles. The Balaban J connectivity index is 1.92. The molecule has 1 aromatic carbocycles. The number of esters is 3. The van der Waals surface area contributed by atoms with Crippen molar-refractivity contribution in [1.29, 1.82) is 0 Å². The lowest BCUT2D eigenvalue weighted by Crippen LogP contribution is -2.14. The van der Waals surface area contributed by atoms with Crippen LogP contribution in [0.4, 0.5) is 0 Å². The number of ether oxygens (including phenoxy) is 3. The number of pyridine rings is 1. The lowest BCUT2D eigenvalue weighted by atomic mass is 10.2. The number of carbonyl (C=O) groups excluding carboxylic acids is 3. The van der Waals surface area contributed by atoms with E-state index in [4.69, 9.17) is 9.47 Å². The van der Waals surface area contributed by atoms with Crippen LogP contribution in [0.15, 0.2) is 42.5 Å². The van der Waals surface area contributed by atoms with Crippen LogP contribution >= 0.6 is 0 Å². The van der Waals surface area contributed by atoms with E-state index in [2.05, 4.69) is 16.6 Å². The second-order valence-electron chi connectivity index (χ2n) is 6.01. The summed E-state index contributed by atoms with van der Waals surface area (Å²) in [6.45, 7) is 2.50. The molecule has 0 fully saturated rings. The van der Waals surface area contributed by atoms with E-state index in [1.165, 1.54) is 49.6 Å². The molecule has 1 aromatic heterocycles. The van der Waals surface area contributed by atoms with E-state index in [0.717, 1.165) is 25.7 Å². The minimum absolute atomic E-state index is 0.00831. The van der Waals surface area contributed by atoms with Gasteiger partial charge in [-0.1, -0.05) is 32.3 Å². The summed E-state index contributed by atoms with van der Waals surface area (Å²) in [5.41, 5.74) is 0.355. The third-order valence-electron chi connectivity index (χ3n) is 3.88. The smallest absolute Gasteiger partial charge is 0.362 e. The number of unbranched alkanes of at least 4 members (excludes halogenated alkanes) is 3. The van der Waals surface area contributed by atoms with Gasteiger partial charge in [0.25, 0.3) is 0 Å². The molecule has 0 bridgehead atoms. The SMILES string of the molecule is CCCCCCOC(=O)c1ccc(OC(=O)c2cccc(C(=O)OC)n2)cc1. The number of carbonyl (C=O) groups is 3. The molecule has 0 unspecified atom stereocenters. The molecule has 2 rings (SSSR count). The Morgan fingerprint density at radius 2 is 1.54 bits per heavy atom. The molecule has 1 heterocycles. The number of rotatable bonds is 9. The summed E-state index contributed by atoms with van der Waals surface area (Å²) >= 11 is 0. The highest BCUT2D eigenvalue weighted by molar-refractivity contribution is 5.93. The average Bonchev–Trinajstić information content (AvgIpc) is 2.73. The molecule has 0 aliphatic rings. The van der Waals surface area contributed by atoms with Gasteiger partial charge in [0.15, 0.2) is 0 Å². The van der Waals surface area contributed by atoms with Crippen LogP contribution in [0, 0.1) is 0 Å². The Hall–Kier alpha value is -3.22. The van der Waals surface area contributed by atoms with E-state index in [0.29, 0.717) is 12.2 Å². The summed E-state index contributed by atoms with van der Waals surface area (Å²) < 4.78 is 15.0. The molecule has 2 aromatic rings. The maximum absolute atomic E-state index is 12.2. The number of hydrogen-bond acceptors (Lipinski definition) is 7. The highest BCUT2D eigenvalue weighted by Gasteiger charge is 2.15. The zero-order valence-electron chi connectivity index (χ0n) is 16.0. The Morgan fingerprint density at radius 3 is 2.18 bits per heavy atom. The fraction of sp³-hybridized carbons (Fsp3) is 0.333. The van der Waals surface area contributed by atoms with Gasteiger partial charge in [-0.15, -0.1) is 0 Å². The number of aromatic nitrogens is 1. The van der Waals surface area contributed by atoms with Crippen LogP contribution in [-0.2, 0) is 9.47 Å². The van der Waals surface area contributed by atoms with E-state index < -0.39 is 17.9 Å². The Labute approximate surface area is 163 Å². The second kappa shape index (κ2) is 10.8. The van der Waals surface area contributed by atoms with Gasteiger partial charge in [-0.3, -0.25) is 0 Å². The van der Waals surface area contributed by atoms with Crippen molar-refractivity contribution in [3.8, 4) is 5.75 Å². The lowest BCUT2D eigenvalue weighted by molar-refractivity contribution is 0.0497. The number of hydrogen-bond donors (Lipinski definition) is 0. The van der Waals surface area contributed by atoms with Gasteiger partial charge in [0.05, 0.1) is 19.3 Å². The first-order valence-corrected chi connectivity index (χ1v) is 9.10. The molecule has 0 atom stereocenters. The molecule has 28 heavy (non-hydrogen) atoms. The third-order valence-corrected chi connectivity index (χ3v) is 3.88. The summed E-state index contributed by atoms with van der Waals surface area (Å²) in [7, 11) is 1.23. The van der Waals surface area contributed by atoms with Crippen molar-refractivity contribution >= 4 is 17.9 Å². The third kappa shape index (κ3) is 6.19. The molecule has 0 radical (unpaired) electrons. The molecular weight excluding hydrogens is 362 g/mol. The molecule has 7 nitrogen and oxygen atoms in total. The van der Waals surface area contributed by atoms with E-state index in [9.17, 15) is 14.4 Å². The second-order valence-corrected chi connectivity index (χ2v) is 6.01. The highest BCUT2D eigenvalue weighted by Crippen LogP contribution is 2.15. The maximum atomic E-state index is 12.2. The monoisotopic (exact) mass is 385 g/mol. The van der Waals surface area contributed by atoms with Gasteiger partial charge < -0.3 is 14.2 Å². The zero-order valence-corrected chi connectivity index (χ0v) is 16.0. The van der Waals surface area contributed by atoms with Gasteiger partial charge in [-0.05, 0) is 42.8 Å². The average molecular weight is 385 g/mol. The van der Waals surface area contributed by atoms with Crippen molar-refractivity contribution in [2.75, 3.05) is 13.7 Å². The molecule has 7 heteroatoms. The molecule has 0 N–H and O–H groups in total. The van der Waals surface area contributed by atoms with Crippen molar-refractivity contribution in [1.82, 2.24) is 4.98 Å². The predicted molar refractivity (Wildman–Crippen MR) is 101 cm³/mol. The quantitative estimate of drug-likeness (QED) is 0.368. The normalized spacial score (nSPS) is 10.2. The topological polar surface area (TPSA) is 91.8 Å². The largest absolute Gasteiger partial charge is 0.464 e. The predicted octanol–water partition coefficient (Wildman–Crippen LogP) is 3.82. The van der Waals surface area contributed by atoms with Gasteiger partial charge in [0, 0.05) is 0 Å². The fourth-order valence-electron chi connectivity index (χ4n) is 2.36. The Kier molecular flexibility index (Phi) is 8.14. The minimum atomic E-state index is -0.725. The van der Waals surface area contributed by atoms with Crippen LogP contribution < -0.4 is 4.74 Å². The van der Waals surface area contributed by atoms with Crippen molar-refractivity contribution in [2.45, 2.75) is 32.6 Å². The zero-order chi connectivity index (χ0) is 20.4. The molecule has 0 spiro atoms. The van der Waals surface area contributed by atoms with E-state index >= 15 is 0 Å². The van der Waals surface area contributed by atoms with Gasteiger partial charge in [-0.25, -0.2) is 19.4 Å². The molecule has 0 aliphatic heterocycles. The maximum Gasteiger partial charge on any atom is 0.362 e. The first-order valence-electron chi connectivity index (χ1n) is 9.10. The van der Waals surface area contributed by atoms with Crippen LogP contribution in [0.25, 0.3) is 0 Å². The Bertz CT molecular complexity index is 816. The molecule has 0 amide bonds. The standard InChI is InChI=1S/C21H23NO6/c1-3-4-5-6-14-27-19(23)15-10-12-16(13-11-15)28-21(25)18-9-7-8-17(22-18)20(24)26-2/h7-13H,3-6,14H2,1-2H3. The Morgan fingerprint density at radius 1 is 0.857 bits per heavy atom. The van der Waals surface area contributed by atoms with Crippen molar-refractivity contribution in [3.05, 3.63) is 59.4 Å². The van der Waals surface area contributed by atoms with Crippen LogP contribution in [0.1, 0.15) is 63.9 Å². The first kappa shape index (κ1) is 21.1. The van der Waals surface area contributed by atoms with Crippen molar-refractivity contribution in [3.63, 3.8) is 0 Å². The van der Waals surface area contributed by atoms with Gasteiger partial charge in [0.1, 0.15) is 17.1 Å². The van der Waals surface area contributed by atoms with Crippen LogP contribution in [0.3, 0.4) is 0 Å². The van der Waals surface area contributed by atoms with E-state index in [1.807, 2.05) is 0 Å². The minimum Gasteiger partial charge on any atom is -0.464 e. The van der Waals surface area contributed by atoms with Crippen molar-refractivity contribution < 1.29 is 28.6 Å². The first-order chi connectivity index (χ1) is 13.5. The molecular formula is C21H23NO6. The summed E-state index contributed by atoms with van der Waals surface area (Å²) in [4.78, 5) is 39.6. The van der Waals surface area contributed by atoms with Crippen LogP contribution in [-0.4, -0.2) is 36.6 Å². The number of nitrogens with zero attached hydrogens (tertiary/aromatic N) is 1. The van der Waals surface area contributed by atoms with Gasteiger partial charge in [-0.2, -0.15) is 0 Å². The van der Waals surface area contributed by atoms with E-state index in [-0.39, 0.29) is 17.1 Å². The van der Waals surface area contributed by atoms with Crippen LogP contribution in [0.2, 0.25) is 0 Å². The number of benzene rings is 1. The lowest BCUT2D eigenvalue weighted by Gasteiger charge is -2.07. The fourth-order valence-corrected chi connectivity index (χ4v) is 2.36. The summed E-state index contributed by atoms with van der Waals surface area (Å²) in [5.74, 6) is -1.54.